The van der Waals surface area contributed by atoms with Crippen LogP contribution in [0.5, 0.6) is 0 Å². The van der Waals surface area contributed by atoms with Crippen molar-refractivity contribution in [2.75, 3.05) is 6.61 Å². The zero-order valence-corrected chi connectivity index (χ0v) is 15.6. The number of fused-ring (bicyclic) bond motifs is 1. The first-order chi connectivity index (χ1) is 11.1. The normalized spacial score (nSPS) is 32.7. The molecule has 6 heteroatoms. The number of halogens is 1. The van der Waals surface area contributed by atoms with Crippen molar-refractivity contribution >= 4 is 33.7 Å². The van der Waals surface area contributed by atoms with Crippen LogP contribution >= 0.6 is 15.9 Å². The van der Waals surface area contributed by atoms with E-state index in [1.165, 1.54) is 0 Å². The summed E-state index contributed by atoms with van der Waals surface area (Å²) in [7, 11) is 0. The number of benzene rings is 1. The van der Waals surface area contributed by atoms with Gasteiger partial charge in [0, 0.05) is 16.0 Å². The third-order valence-electron chi connectivity index (χ3n) is 5.29. The number of ketones is 1. The van der Waals surface area contributed by atoms with Crippen molar-refractivity contribution in [1.29, 1.82) is 0 Å². The van der Waals surface area contributed by atoms with Crippen LogP contribution in [-0.4, -0.2) is 29.9 Å². The summed E-state index contributed by atoms with van der Waals surface area (Å²) >= 11 is 3.33. The molecule has 3 atom stereocenters. The molecule has 2 aliphatic rings. The molecule has 1 aromatic rings. The molecule has 1 aliphatic heterocycles. The van der Waals surface area contributed by atoms with Crippen molar-refractivity contribution in [1.82, 2.24) is 0 Å². The fraction of sp³-hybridized carbons (Fsp3) is 0.500. The minimum atomic E-state index is -1.54. The largest absolute Gasteiger partial charge is 0.465 e. The quantitative estimate of drug-likeness (QED) is 0.445. The number of carbonyl (C=O) groups is 3. The molecule has 0 N–H and O–H groups in total. The second kappa shape index (κ2) is 5.15. The number of esters is 2. The Balaban J connectivity index is 2.09. The molecular formula is C18H19BrO5. The lowest BCUT2D eigenvalue weighted by Crippen LogP contribution is -2.39. The van der Waals surface area contributed by atoms with E-state index < -0.39 is 34.3 Å². The van der Waals surface area contributed by atoms with Crippen LogP contribution in [-0.2, 0) is 19.1 Å². The van der Waals surface area contributed by atoms with Gasteiger partial charge in [0.05, 0.1) is 12.0 Å². The number of cyclic esters (lactones) is 1. The Hall–Kier alpha value is -1.69. The molecular weight excluding hydrogens is 376 g/mol. The fourth-order valence-corrected chi connectivity index (χ4v) is 4.68. The number of rotatable bonds is 4. The zero-order chi connectivity index (χ0) is 17.9. The molecule has 1 saturated heterocycles. The van der Waals surface area contributed by atoms with Crippen molar-refractivity contribution in [3.05, 3.63) is 34.3 Å². The van der Waals surface area contributed by atoms with Crippen LogP contribution in [0.4, 0.5) is 0 Å². The van der Waals surface area contributed by atoms with Crippen LogP contribution in [0, 0.1) is 16.7 Å². The lowest BCUT2D eigenvalue weighted by molar-refractivity contribution is -0.166. The molecule has 0 aromatic heterocycles. The van der Waals surface area contributed by atoms with Gasteiger partial charge in [-0.2, -0.15) is 0 Å². The Kier molecular flexibility index (Phi) is 3.68. The summed E-state index contributed by atoms with van der Waals surface area (Å²) in [5.41, 5.74) is -3.14. The molecule has 3 rings (SSSR count). The van der Waals surface area contributed by atoms with E-state index in [-0.39, 0.29) is 12.4 Å². The highest BCUT2D eigenvalue weighted by Gasteiger charge is 2.94. The summed E-state index contributed by atoms with van der Waals surface area (Å²) in [5, 5.41) is 0. The summed E-state index contributed by atoms with van der Waals surface area (Å²) in [6.07, 6.45) is 0. The van der Waals surface area contributed by atoms with E-state index in [0.29, 0.717) is 5.56 Å². The highest BCUT2D eigenvalue weighted by Crippen LogP contribution is 2.78. The van der Waals surface area contributed by atoms with Gasteiger partial charge in [0.1, 0.15) is 5.60 Å². The molecule has 1 aliphatic carbocycles. The van der Waals surface area contributed by atoms with Crippen molar-refractivity contribution < 1.29 is 23.9 Å². The Morgan fingerprint density at radius 1 is 1.21 bits per heavy atom. The molecule has 0 bridgehead atoms. The lowest BCUT2D eigenvalue weighted by Gasteiger charge is -2.26. The topological polar surface area (TPSA) is 69.7 Å². The summed E-state index contributed by atoms with van der Waals surface area (Å²) in [6.45, 7) is 6.95. The van der Waals surface area contributed by atoms with Gasteiger partial charge in [0.2, 0.25) is 0 Å². The lowest BCUT2D eigenvalue weighted by atomic mass is 9.85. The Morgan fingerprint density at radius 2 is 1.79 bits per heavy atom. The van der Waals surface area contributed by atoms with Gasteiger partial charge in [0.25, 0.3) is 0 Å². The minimum Gasteiger partial charge on any atom is -0.465 e. The molecule has 0 amide bonds. The second-order valence-corrected chi connectivity index (χ2v) is 7.91. The van der Waals surface area contributed by atoms with Gasteiger partial charge in [-0.15, -0.1) is 0 Å². The molecule has 24 heavy (non-hydrogen) atoms. The van der Waals surface area contributed by atoms with E-state index in [2.05, 4.69) is 15.9 Å². The first kappa shape index (κ1) is 17.1. The van der Waals surface area contributed by atoms with Gasteiger partial charge in [-0.1, -0.05) is 35.0 Å². The third kappa shape index (κ3) is 1.89. The van der Waals surface area contributed by atoms with Crippen LogP contribution in [0.2, 0.25) is 0 Å². The number of hydrogen-bond donors (Lipinski definition) is 0. The van der Waals surface area contributed by atoms with Crippen LogP contribution in [0.3, 0.4) is 0 Å². The Morgan fingerprint density at radius 3 is 2.33 bits per heavy atom. The van der Waals surface area contributed by atoms with E-state index in [1.807, 2.05) is 0 Å². The third-order valence-corrected chi connectivity index (χ3v) is 5.82. The summed E-state index contributed by atoms with van der Waals surface area (Å²) in [4.78, 5) is 38.4. The maximum absolute atomic E-state index is 13.2. The highest BCUT2D eigenvalue weighted by molar-refractivity contribution is 9.10. The number of hydrogen-bond acceptors (Lipinski definition) is 5. The van der Waals surface area contributed by atoms with Crippen molar-refractivity contribution in [3.8, 4) is 0 Å². The Labute approximate surface area is 148 Å². The highest BCUT2D eigenvalue weighted by atomic mass is 79.9. The maximum atomic E-state index is 13.2. The van der Waals surface area contributed by atoms with Gasteiger partial charge in [-0.3, -0.25) is 14.4 Å². The molecule has 5 nitrogen and oxygen atoms in total. The van der Waals surface area contributed by atoms with Crippen molar-refractivity contribution in [2.45, 2.75) is 33.3 Å². The van der Waals surface area contributed by atoms with Crippen LogP contribution < -0.4 is 0 Å². The van der Waals surface area contributed by atoms with Crippen molar-refractivity contribution in [2.24, 2.45) is 16.7 Å². The monoisotopic (exact) mass is 394 g/mol. The molecule has 1 aromatic carbocycles. The average Bonchev–Trinajstić information content (AvgIpc) is 3.03. The minimum absolute atomic E-state index is 0.142. The first-order valence-electron chi connectivity index (χ1n) is 7.85. The summed E-state index contributed by atoms with van der Waals surface area (Å²) < 4.78 is 11.4. The molecule has 1 heterocycles. The Bertz CT molecular complexity index is 738. The van der Waals surface area contributed by atoms with Gasteiger partial charge in [0.15, 0.2) is 11.2 Å². The second-order valence-electron chi connectivity index (χ2n) is 6.99. The molecule has 0 spiro atoms. The van der Waals surface area contributed by atoms with E-state index in [0.717, 1.165) is 4.47 Å². The maximum Gasteiger partial charge on any atom is 0.325 e. The average molecular weight is 395 g/mol. The summed E-state index contributed by atoms with van der Waals surface area (Å²) in [5.74, 6) is -2.11. The van der Waals surface area contributed by atoms with E-state index in [9.17, 15) is 14.4 Å². The predicted molar refractivity (Wildman–Crippen MR) is 89.3 cm³/mol. The number of ether oxygens (including phenoxy) is 2. The van der Waals surface area contributed by atoms with Gasteiger partial charge in [-0.05, 0) is 32.9 Å². The molecule has 3 unspecified atom stereocenters. The molecule has 128 valence electrons. The van der Waals surface area contributed by atoms with Crippen LogP contribution in [0.15, 0.2) is 28.7 Å². The van der Waals surface area contributed by atoms with E-state index in [4.69, 9.17) is 9.47 Å². The molecule has 1 saturated carbocycles. The number of Topliss-reactive ketones (excluding diaryl/α,β-unsaturated/α-hetero) is 1. The SMILES string of the molecule is CCOC(=O)C12C(=O)OC(C)(C)C1C2(C)C(=O)c1ccc(Br)cc1. The van der Waals surface area contributed by atoms with Gasteiger partial charge < -0.3 is 9.47 Å². The van der Waals surface area contributed by atoms with Crippen molar-refractivity contribution in [3.63, 3.8) is 0 Å². The smallest absolute Gasteiger partial charge is 0.325 e. The summed E-state index contributed by atoms with van der Waals surface area (Å²) in [6, 6.07) is 6.89. The first-order valence-corrected chi connectivity index (χ1v) is 8.64. The van der Waals surface area contributed by atoms with Gasteiger partial charge >= 0.3 is 11.9 Å². The zero-order valence-electron chi connectivity index (χ0n) is 14.0. The number of carbonyl (C=O) groups excluding carboxylic acids is 3. The van der Waals surface area contributed by atoms with E-state index in [1.54, 1.807) is 52.0 Å². The predicted octanol–water partition coefficient (Wildman–Crippen LogP) is 3.15. The molecule has 0 radical (unpaired) electrons. The van der Waals surface area contributed by atoms with Crippen LogP contribution in [0.1, 0.15) is 38.1 Å². The fourth-order valence-electron chi connectivity index (χ4n) is 4.41. The van der Waals surface area contributed by atoms with E-state index >= 15 is 0 Å². The van der Waals surface area contributed by atoms with Gasteiger partial charge in [-0.25, -0.2) is 0 Å². The standard InChI is InChI=1S/C18H19BrO5/c1-5-23-14(21)18-13(16(2,3)24-15(18)22)17(18,4)12(20)10-6-8-11(19)9-7-10/h6-9,13H,5H2,1-4H3. The molecule has 2 fully saturated rings. The van der Waals surface area contributed by atoms with Crippen LogP contribution in [0.25, 0.3) is 0 Å².